The van der Waals surface area contributed by atoms with Crippen LogP contribution in [0.4, 0.5) is 5.69 Å². The van der Waals surface area contributed by atoms with E-state index in [1.54, 1.807) is 24.3 Å². The van der Waals surface area contributed by atoms with E-state index in [0.29, 0.717) is 5.56 Å². The summed E-state index contributed by atoms with van der Waals surface area (Å²) in [6, 6.07) is 14.6. The van der Waals surface area contributed by atoms with E-state index in [1.165, 1.54) is 17.8 Å². The zero-order chi connectivity index (χ0) is 15.9. The van der Waals surface area contributed by atoms with Crippen LogP contribution in [0.5, 0.6) is 5.75 Å². The summed E-state index contributed by atoms with van der Waals surface area (Å²) in [5.74, 6) is -0.194. The second-order valence-corrected chi connectivity index (χ2v) is 4.98. The van der Waals surface area contributed by atoms with Crippen LogP contribution in [0.3, 0.4) is 0 Å². The van der Waals surface area contributed by atoms with Gasteiger partial charge in [-0.3, -0.25) is 4.79 Å². The van der Waals surface area contributed by atoms with Gasteiger partial charge >= 0.3 is 0 Å². The van der Waals surface area contributed by atoms with Crippen molar-refractivity contribution in [2.24, 2.45) is 0 Å². The van der Waals surface area contributed by atoms with Crippen molar-refractivity contribution in [2.45, 2.75) is 13.8 Å². The van der Waals surface area contributed by atoms with Gasteiger partial charge in [-0.2, -0.15) is 0 Å². The molecule has 0 aliphatic carbocycles. The number of allylic oxidation sites excluding steroid dienone is 1. The lowest BCUT2D eigenvalue weighted by Gasteiger charge is -2.20. The molecule has 0 unspecified atom stereocenters. The van der Waals surface area contributed by atoms with Gasteiger partial charge in [-0.15, -0.1) is 0 Å². The molecule has 0 radical (unpaired) electrons. The molecule has 0 heterocycles. The van der Waals surface area contributed by atoms with Gasteiger partial charge in [0.15, 0.2) is 5.78 Å². The third-order valence-electron chi connectivity index (χ3n) is 3.62. The Morgan fingerprint density at radius 1 is 1.05 bits per heavy atom. The number of hydrogen-bond donors (Lipinski definition) is 1. The number of benzene rings is 2. The highest BCUT2D eigenvalue weighted by Crippen LogP contribution is 2.18. The molecule has 1 N–H and O–H groups in total. The lowest BCUT2D eigenvalue weighted by Crippen LogP contribution is -2.21. The Morgan fingerprint density at radius 2 is 1.68 bits per heavy atom. The summed E-state index contributed by atoms with van der Waals surface area (Å²) in [6.45, 7) is 6.19. The molecule has 114 valence electrons. The maximum Gasteiger partial charge on any atom is 0.189 e. The van der Waals surface area contributed by atoms with E-state index in [2.05, 4.69) is 30.9 Å². The zero-order valence-corrected chi connectivity index (χ0v) is 13.0. The van der Waals surface area contributed by atoms with Crippen molar-refractivity contribution >= 4 is 17.5 Å². The van der Waals surface area contributed by atoms with Gasteiger partial charge in [0.05, 0.1) is 5.56 Å². The van der Waals surface area contributed by atoms with Gasteiger partial charge in [0, 0.05) is 18.8 Å². The number of phenolic OH excluding ortho intramolecular Hbond substituents is 1. The van der Waals surface area contributed by atoms with Gasteiger partial charge in [0.25, 0.3) is 0 Å². The molecule has 0 atom stereocenters. The molecule has 0 saturated carbocycles. The highest BCUT2D eigenvalue weighted by molar-refractivity contribution is 6.08. The Hall–Kier alpha value is -2.55. The summed E-state index contributed by atoms with van der Waals surface area (Å²) in [4.78, 5) is 14.3. The van der Waals surface area contributed by atoms with Crippen LogP contribution in [0.15, 0.2) is 54.6 Å². The first-order valence-electron chi connectivity index (χ1n) is 7.51. The zero-order valence-electron chi connectivity index (χ0n) is 13.0. The lowest BCUT2D eigenvalue weighted by atomic mass is 10.1. The molecule has 0 bridgehead atoms. The standard InChI is InChI=1S/C19H21NO2/c1-3-20(4-2)16-12-9-15(10-13-16)11-14-19(22)17-7-5-6-8-18(17)21/h5-14,21H,3-4H2,1-2H3. The maximum absolute atomic E-state index is 12.1. The van der Waals surface area contributed by atoms with E-state index in [1.807, 2.05) is 12.1 Å². The predicted octanol–water partition coefficient (Wildman–Crippen LogP) is 4.13. The number of para-hydroxylation sites is 1. The smallest absolute Gasteiger partial charge is 0.189 e. The summed E-state index contributed by atoms with van der Waals surface area (Å²) in [6.07, 6.45) is 3.25. The molecule has 2 aromatic rings. The van der Waals surface area contributed by atoms with Crippen LogP contribution in [0, 0.1) is 0 Å². The molecular weight excluding hydrogens is 274 g/mol. The van der Waals surface area contributed by atoms with Crippen molar-refractivity contribution in [1.29, 1.82) is 0 Å². The summed E-state index contributed by atoms with van der Waals surface area (Å²) in [7, 11) is 0. The normalized spacial score (nSPS) is 10.8. The Balaban J connectivity index is 2.10. The number of rotatable bonds is 6. The number of hydrogen-bond acceptors (Lipinski definition) is 3. The number of aromatic hydroxyl groups is 1. The summed E-state index contributed by atoms with van der Waals surface area (Å²) >= 11 is 0. The number of phenols is 1. The second kappa shape index (κ2) is 7.46. The van der Waals surface area contributed by atoms with E-state index in [9.17, 15) is 9.90 Å². The predicted molar refractivity (Wildman–Crippen MR) is 91.5 cm³/mol. The summed E-state index contributed by atoms with van der Waals surface area (Å²) in [5, 5.41) is 9.67. The minimum absolute atomic E-state index is 0.00836. The average molecular weight is 295 g/mol. The van der Waals surface area contributed by atoms with Crippen molar-refractivity contribution in [3.05, 3.63) is 65.7 Å². The number of carbonyl (C=O) groups is 1. The quantitative estimate of drug-likeness (QED) is 0.643. The molecule has 3 nitrogen and oxygen atoms in total. The number of nitrogens with zero attached hydrogens (tertiary/aromatic N) is 1. The molecule has 3 heteroatoms. The first-order valence-corrected chi connectivity index (χ1v) is 7.51. The molecule has 0 aromatic heterocycles. The fourth-order valence-electron chi connectivity index (χ4n) is 2.33. The Bertz CT molecular complexity index is 655. The molecule has 0 spiro atoms. The maximum atomic E-state index is 12.1. The molecule has 0 aliphatic rings. The van der Waals surface area contributed by atoms with Gasteiger partial charge in [-0.1, -0.05) is 30.3 Å². The first-order chi connectivity index (χ1) is 10.7. The van der Waals surface area contributed by atoms with Gasteiger partial charge in [-0.05, 0) is 49.8 Å². The van der Waals surface area contributed by atoms with Crippen LogP contribution in [0.2, 0.25) is 0 Å². The average Bonchev–Trinajstić information content (AvgIpc) is 2.55. The minimum Gasteiger partial charge on any atom is -0.507 e. The number of ketones is 1. The fourth-order valence-corrected chi connectivity index (χ4v) is 2.33. The SMILES string of the molecule is CCN(CC)c1ccc(C=CC(=O)c2ccccc2O)cc1. The van der Waals surface area contributed by atoms with E-state index in [0.717, 1.165) is 18.7 Å². The monoisotopic (exact) mass is 295 g/mol. The highest BCUT2D eigenvalue weighted by Gasteiger charge is 2.06. The van der Waals surface area contributed by atoms with Gasteiger partial charge in [0.1, 0.15) is 5.75 Å². The topological polar surface area (TPSA) is 40.5 Å². The van der Waals surface area contributed by atoms with Crippen LogP contribution >= 0.6 is 0 Å². The summed E-state index contributed by atoms with van der Waals surface area (Å²) in [5.41, 5.74) is 2.45. The molecule has 22 heavy (non-hydrogen) atoms. The summed E-state index contributed by atoms with van der Waals surface area (Å²) < 4.78 is 0. The number of anilines is 1. The molecule has 0 amide bonds. The molecule has 2 aromatic carbocycles. The third-order valence-corrected chi connectivity index (χ3v) is 3.62. The highest BCUT2D eigenvalue weighted by atomic mass is 16.3. The Labute approximate surface area is 131 Å². The molecule has 0 aliphatic heterocycles. The van der Waals surface area contributed by atoms with Crippen molar-refractivity contribution in [3.8, 4) is 5.75 Å². The lowest BCUT2D eigenvalue weighted by molar-refractivity contribution is 0.104. The first kappa shape index (κ1) is 15.8. The van der Waals surface area contributed by atoms with Crippen molar-refractivity contribution in [3.63, 3.8) is 0 Å². The van der Waals surface area contributed by atoms with E-state index in [-0.39, 0.29) is 11.5 Å². The van der Waals surface area contributed by atoms with E-state index in [4.69, 9.17) is 0 Å². The molecule has 0 saturated heterocycles. The molecule has 2 rings (SSSR count). The van der Waals surface area contributed by atoms with Crippen LogP contribution in [-0.2, 0) is 0 Å². The van der Waals surface area contributed by atoms with E-state index >= 15 is 0 Å². The van der Waals surface area contributed by atoms with Gasteiger partial charge < -0.3 is 10.0 Å². The van der Waals surface area contributed by atoms with Gasteiger partial charge in [-0.25, -0.2) is 0 Å². The largest absolute Gasteiger partial charge is 0.507 e. The van der Waals surface area contributed by atoms with Gasteiger partial charge in [0.2, 0.25) is 0 Å². The minimum atomic E-state index is -0.203. The van der Waals surface area contributed by atoms with Crippen LogP contribution < -0.4 is 4.90 Å². The second-order valence-electron chi connectivity index (χ2n) is 4.98. The Morgan fingerprint density at radius 3 is 2.27 bits per heavy atom. The fraction of sp³-hybridized carbons (Fsp3) is 0.211. The number of carbonyl (C=O) groups excluding carboxylic acids is 1. The molecule has 0 fully saturated rings. The molecular formula is C19H21NO2. The third kappa shape index (κ3) is 3.76. The van der Waals surface area contributed by atoms with E-state index < -0.39 is 0 Å². The Kier molecular flexibility index (Phi) is 5.37. The van der Waals surface area contributed by atoms with Crippen molar-refractivity contribution < 1.29 is 9.90 Å². The van der Waals surface area contributed by atoms with Crippen LogP contribution in [0.25, 0.3) is 6.08 Å². The van der Waals surface area contributed by atoms with Crippen LogP contribution in [-0.4, -0.2) is 24.0 Å². The van der Waals surface area contributed by atoms with Crippen molar-refractivity contribution in [2.75, 3.05) is 18.0 Å². The van der Waals surface area contributed by atoms with Crippen LogP contribution in [0.1, 0.15) is 29.8 Å². The van der Waals surface area contributed by atoms with Crippen molar-refractivity contribution in [1.82, 2.24) is 0 Å².